The molecule has 5 rings (SSSR count). The van der Waals surface area contributed by atoms with Crippen LogP contribution in [0, 0.1) is 11.6 Å². The molecule has 0 unspecified atom stereocenters. The van der Waals surface area contributed by atoms with Gasteiger partial charge in [0, 0.05) is 17.1 Å². The topological polar surface area (TPSA) is 72.8 Å². The number of aromatic amines is 1. The first-order chi connectivity index (χ1) is 14.0. The Hall–Kier alpha value is -3.29. The molecule has 1 aliphatic rings. The van der Waals surface area contributed by atoms with Crippen LogP contribution in [0.25, 0.3) is 33.6 Å². The second-order valence-corrected chi connectivity index (χ2v) is 7.22. The molecule has 0 radical (unpaired) electrons. The third kappa shape index (κ3) is 2.70. The fraction of sp³-hybridized carbons (Fsp3) is 0.286. The molecule has 1 aliphatic carbocycles. The van der Waals surface area contributed by atoms with Crippen molar-refractivity contribution in [2.24, 2.45) is 0 Å². The highest BCUT2D eigenvalue weighted by Crippen LogP contribution is 2.42. The minimum Gasteiger partial charge on any atom is -0.465 e. The van der Waals surface area contributed by atoms with Crippen molar-refractivity contribution in [3.63, 3.8) is 0 Å². The number of aromatic nitrogens is 4. The lowest BCUT2D eigenvalue weighted by Crippen LogP contribution is -2.08. The summed E-state index contributed by atoms with van der Waals surface area (Å²) in [4.78, 5) is 24.2. The van der Waals surface area contributed by atoms with Crippen LogP contribution in [-0.2, 0) is 11.2 Å². The number of methoxy groups -OCH3 is 1. The Balaban J connectivity index is 1.76. The lowest BCUT2D eigenvalue weighted by Gasteiger charge is -2.08. The van der Waals surface area contributed by atoms with Gasteiger partial charge in [0.15, 0.2) is 17.5 Å². The first-order valence-corrected chi connectivity index (χ1v) is 9.49. The van der Waals surface area contributed by atoms with Crippen LogP contribution >= 0.6 is 0 Å². The molecule has 4 aromatic rings. The summed E-state index contributed by atoms with van der Waals surface area (Å²) in [5, 5.41) is 0.911. The van der Waals surface area contributed by atoms with Crippen molar-refractivity contribution >= 4 is 28.0 Å². The number of carbonyl (C=O) groups excluding carboxylic acids is 1. The molecule has 1 fully saturated rings. The molecule has 3 heterocycles. The largest absolute Gasteiger partial charge is 0.465 e. The number of carbonyl (C=O) groups is 1. The van der Waals surface area contributed by atoms with Crippen molar-refractivity contribution in [2.45, 2.75) is 32.2 Å². The van der Waals surface area contributed by atoms with E-state index in [1.807, 2.05) is 25.1 Å². The summed E-state index contributed by atoms with van der Waals surface area (Å²) in [6.45, 7) is 2.03. The number of hydrogen-bond donors (Lipinski definition) is 1. The SMILES string of the molecule is CCc1ccc2cc(-c3nc4cc(C(=O)OC)c(F)c(F)c4n3C3CC3)[nH]c2n1. The summed E-state index contributed by atoms with van der Waals surface area (Å²) in [5.41, 5.74) is 2.16. The Labute approximate surface area is 164 Å². The molecule has 6 nitrogen and oxygen atoms in total. The van der Waals surface area contributed by atoms with Gasteiger partial charge < -0.3 is 14.3 Å². The summed E-state index contributed by atoms with van der Waals surface area (Å²) in [6.07, 6.45) is 2.53. The standard InChI is InChI=1S/C21H18F2N4O2/c1-3-11-5-4-10-8-15(25-19(10)24-11)20-26-14-9-13(21(28)29-2)16(22)17(23)18(14)27(20)12-6-7-12/h4-5,8-9,12H,3,6-7H2,1-2H3,(H,24,25). The fourth-order valence-corrected chi connectivity index (χ4v) is 3.69. The Morgan fingerprint density at radius 1 is 1.24 bits per heavy atom. The molecule has 0 spiro atoms. The maximum atomic E-state index is 15.0. The first-order valence-electron chi connectivity index (χ1n) is 9.49. The first kappa shape index (κ1) is 17.8. The molecule has 1 saturated carbocycles. The monoisotopic (exact) mass is 396 g/mol. The van der Waals surface area contributed by atoms with E-state index in [1.165, 1.54) is 6.07 Å². The molecule has 148 valence electrons. The van der Waals surface area contributed by atoms with E-state index < -0.39 is 23.2 Å². The van der Waals surface area contributed by atoms with E-state index in [4.69, 9.17) is 0 Å². The summed E-state index contributed by atoms with van der Waals surface area (Å²) in [7, 11) is 1.13. The molecule has 0 atom stereocenters. The number of benzene rings is 1. The predicted molar refractivity (Wildman–Crippen MR) is 104 cm³/mol. The number of nitrogens with one attached hydrogen (secondary N) is 1. The van der Waals surface area contributed by atoms with Crippen LogP contribution in [0.5, 0.6) is 0 Å². The molecule has 8 heteroatoms. The van der Waals surface area contributed by atoms with E-state index >= 15 is 0 Å². The minimum atomic E-state index is -1.22. The van der Waals surface area contributed by atoms with Gasteiger partial charge in [0.1, 0.15) is 16.7 Å². The normalized spacial score (nSPS) is 14.1. The summed E-state index contributed by atoms with van der Waals surface area (Å²) in [5.74, 6) is -2.74. The summed E-state index contributed by atoms with van der Waals surface area (Å²) < 4.78 is 35.8. The minimum absolute atomic E-state index is 0.0402. The maximum Gasteiger partial charge on any atom is 0.341 e. The second kappa shape index (κ2) is 6.37. The van der Waals surface area contributed by atoms with Gasteiger partial charge in [-0.05, 0) is 43.5 Å². The second-order valence-electron chi connectivity index (χ2n) is 7.22. The van der Waals surface area contributed by atoms with Crippen LogP contribution in [0.4, 0.5) is 8.78 Å². The number of aryl methyl sites for hydroxylation is 1. The van der Waals surface area contributed by atoms with Crippen LogP contribution in [-0.4, -0.2) is 32.6 Å². The smallest absolute Gasteiger partial charge is 0.341 e. The maximum absolute atomic E-state index is 15.0. The highest BCUT2D eigenvalue weighted by atomic mass is 19.2. The zero-order valence-electron chi connectivity index (χ0n) is 15.9. The molecule has 3 aromatic heterocycles. The predicted octanol–water partition coefficient (Wildman–Crippen LogP) is 4.54. The third-order valence-corrected chi connectivity index (χ3v) is 5.31. The van der Waals surface area contributed by atoms with Crippen LogP contribution in [0.15, 0.2) is 24.3 Å². The Kier molecular flexibility index (Phi) is 3.90. The van der Waals surface area contributed by atoms with Gasteiger partial charge in [-0.1, -0.05) is 6.92 Å². The van der Waals surface area contributed by atoms with E-state index in [0.717, 1.165) is 43.1 Å². The molecule has 29 heavy (non-hydrogen) atoms. The fourth-order valence-electron chi connectivity index (χ4n) is 3.69. The highest BCUT2D eigenvalue weighted by Gasteiger charge is 2.33. The van der Waals surface area contributed by atoms with Crippen LogP contribution in [0.1, 0.15) is 41.9 Å². The number of halogens is 2. The lowest BCUT2D eigenvalue weighted by molar-refractivity contribution is 0.0594. The Bertz CT molecular complexity index is 1290. The van der Waals surface area contributed by atoms with Gasteiger partial charge in [-0.3, -0.25) is 0 Å². The number of pyridine rings is 1. The van der Waals surface area contributed by atoms with E-state index in [2.05, 4.69) is 19.7 Å². The van der Waals surface area contributed by atoms with Crippen molar-refractivity contribution in [1.82, 2.24) is 19.5 Å². The van der Waals surface area contributed by atoms with Gasteiger partial charge in [0.25, 0.3) is 0 Å². The lowest BCUT2D eigenvalue weighted by atomic mass is 10.1. The number of rotatable bonds is 4. The van der Waals surface area contributed by atoms with Crippen LogP contribution in [0.2, 0.25) is 0 Å². The van der Waals surface area contributed by atoms with Crippen molar-refractivity contribution < 1.29 is 18.3 Å². The molecule has 1 aromatic carbocycles. The molecular formula is C21H18F2N4O2. The number of imidazole rings is 1. The molecule has 0 aliphatic heterocycles. The highest BCUT2D eigenvalue weighted by molar-refractivity contribution is 5.95. The molecule has 0 bridgehead atoms. The van der Waals surface area contributed by atoms with Crippen LogP contribution in [0.3, 0.4) is 0 Å². The number of hydrogen-bond acceptors (Lipinski definition) is 4. The van der Waals surface area contributed by atoms with Gasteiger partial charge in [-0.15, -0.1) is 0 Å². The Morgan fingerprint density at radius 3 is 2.72 bits per heavy atom. The van der Waals surface area contributed by atoms with Gasteiger partial charge in [0.05, 0.1) is 18.3 Å². The van der Waals surface area contributed by atoms with Gasteiger partial charge >= 0.3 is 5.97 Å². The summed E-state index contributed by atoms with van der Waals surface area (Å²) in [6, 6.07) is 7.12. The van der Waals surface area contributed by atoms with E-state index in [9.17, 15) is 13.6 Å². The number of nitrogens with zero attached hydrogens (tertiary/aromatic N) is 3. The van der Waals surface area contributed by atoms with E-state index in [-0.39, 0.29) is 17.1 Å². The van der Waals surface area contributed by atoms with E-state index in [0.29, 0.717) is 11.5 Å². The number of esters is 1. The van der Waals surface area contributed by atoms with Crippen molar-refractivity contribution in [3.8, 4) is 11.5 Å². The van der Waals surface area contributed by atoms with E-state index in [1.54, 1.807) is 4.57 Å². The molecule has 0 saturated heterocycles. The zero-order valence-corrected chi connectivity index (χ0v) is 15.9. The van der Waals surface area contributed by atoms with Crippen LogP contribution < -0.4 is 0 Å². The van der Waals surface area contributed by atoms with Gasteiger partial charge in [0.2, 0.25) is 0 Å². The average molecular weight is 396 g/mol. The summed E-state index contributed by atoms with van der Waals surface area (Å²) >= 11 is 0. The molecular weight excluding hydrogens is 378 g/mol. The number of H-pyrrole nitrogens is 1. The third-order valence-electron chi connectivity index (χ3n) is 5.31. The van der Waals surface area contributed by atoms with Crippen molar-refractivity contribution in [2.75, 3.05) is 7.11 Å². The average Bonchev–Trinajstić information content (AvgIpc) is 3.36. The van der Waals surface area contributed by atoms with Crippen molar-refractivity contribution in [1.29, 1.82) is 0 Å². The quantitative estimate of drug-likeness (QED) is 0.514. The van der Waals surface area contributed by atoms with Gasteiger partial charge in [-0.2, -0.15) is 0 Å². The van der Waals surface area contributed by atoms with Gasteiger partial charge in [-0.25, -0.2) is 23.5 Å². The van der Waals surface area contributed by atoms with Crippen molar-refractivity contribution in [3.05, 3.63) is 47.2 Å². The molecule has 0 amide bonds. The number of fused-ring (bicyclic) bond motifs is 2. The zero-order chi connectivity index (χ0) is 20.3. The Morgan fingerprint density at radius 2 is 2.03 bits per heavy atom. The molecule has 1 N–H and O–H groups in total. The number of ether oxygens (including phenoxy) is 1.